The van der Waals surface area contributed by atoms with Crippen LogP contribution in [0.4, 0.5) is 5.82 Å². The highest BCUT2D eigenvalue weighted by molar-refractivity contribution is 5.93. The van der Waals surface area contributed by atoms with E-state index in [0.29, 0.717) is 17.9 Å². The van der Waals surface area contributed by atoms with Gasteiger partial charge in [0.05, 0.1) is 17.4 Å². The zero-order valence-corrected chi connectivity index (χ0v) is 15.3. The summed E-state index contributed by atoms with van der Waals surface area (Å²) in [5.74, 6) is 2.27. The van der Waals surface area contributed by atoms with E-state index in [4.69, 9.17) is 4.74 Å². The first-order valence-corrected chi connectivity index (χ1v) is 9.37. The van der Waals surface area contributed by atoms with Gasteiger partial charge in [0.15, 0.2) is 5.82 Å². The first kappa shape index (κ1) is 15.5. The van der Waals surface area contributed by atoms with E-state index in [0.717, 1.165) is 31.1 Å². The average molecular weight is 338 g/mol. The summed E-state index contributed by atoms with van der Waals surface area (Å²) in [6.45, 7) is 5.15. The number of benzene rings is 1. The molecule has 2 aromatic rings. The molecule has 2 bridgehead atoms. The Morgan fingerprint density at radius 2 is 2.04 bits per heavy atom. The van der Waals surface area contributed by atoms with Crippen molar-refractivity contribution in [1.29, 1.82) is 0 Å². The Bertz CT molecular complexity index is 822. The molecule has 4 heterocycles. The highest BCUT2D eigenvalue weighted by Crippen LogP contribution is 2.55. The van der Waals surface area contributed by atoms with E-state index in [1.165, 1.54) is 23.6 Å². The number of nitrogens with zero attached hydrogens (tertiary/aromatic N) is 4. The van der Waals surface area contributed by atoms with Gasteiger partial charge in [0.2, 0.25) is 0 Å². The molecule has 132 valence electrons. The smallest absolute Gasteiger partial charge is 0.159 e. The maximum absolute atomic E-state index is 6.57. The Hall–Kier alpha value is -1.72. The van der Waals surface area contributed by atoms with E-state index in [1.807, 2.05) is 6.92 Å². The van der Waals surface area contributed by atoms with Crippen LogP contribution in [0.2, 0.25) is 0 Å². The van der Waals surface area contributed by atoms with Crippen LogP contribution in [0.3, 0.4) is 0 Å². The fraction of sp³-hybridized carbons (Fsp3) is 0.600. The molecule has 5 rings (SSSR count). The number of fused-ring (bicyclic) bond motifs is 2. The Morgan fingerprint density at radius 3 is 2.84 bits per heavy atom. The van der Waals surface area contributed by atoms with Crippen molar-refractivity contribution in [3.8, 4) is 0 Å². The quantitative estimate of drug-likeness (QED) is 0.860. The first-order chi connectivity index (χ1) is 12.1. The highest BCUT2D eigenvalue weighted by Gasteiger charge is 2.63. The average Bonchev–Trinajstić information content (AvgIpc) is 3.25. The number of hydrogen-bond acceptors (Lipinski definition) is 5. The largest absolute Gasteiger partial charge is 0.369 e. The van der Waals surface area contributed by atoms with E-state index in [-0.39, 0.29) is 5.60 Å². The molecule has 0 N–H and O–H groups in total. The van der Waals surface area contributed by atoms with Gasteiger partial charge in [0.25, 0.3) is 0 Å². The number of aromatic nitrogens is 2. The zero-order chi connectivity index (χ0) is 17.2. The van der Waals surface area contributed by atoms with Crippen molar-refractivity contribution in [3.05, 3.63) is 30.0 Å². The Balaban J connectivity index is 1.51. The van der Waals surface area contributed by atoms with Crippen molar-refractivity contribution >= 4 is 16.6 Å². The van der Waals surface area contributed by atoms with Crippen LogP contribution < -0.4 is 4.90 Å². The van der Waals surface area contributed by atoms with Gasteiger partial charge in [-0.1, -0.05) is 24.3 Å². The normalized spacial score (nSPS) is 33.6. The number of anilines is 1. The number of aryl methyl sites for hydroxylation is 1. The van der Waals surface area contributed by atoms with Crippen molar-refractivity contribution in [1.82, 2.24) is 15.1 Å². The van der Waals surface area contributed by atoms with Gasteiger partial charge in [-0.15, -0.1) is 5.10 Å². The molecule has 5 heteroatoms. The van der Waals surface area contributed by atoms with Crippen molar-refractivity contribution < 1.29 is 4.74 Å². The lowest BCUT2D eigenvalue weighted by Gasteiger charge is -2.30. The minimum atomic E-state index is 0.0407. The SMILES string of the molecule is Cc1nnc(N2C[C@@H]3[C@H](CN(C)C)[C@H]4CC[C@]3(C2)O4)c2ccccc12. The van der Waals surface area contributed by atoms with E-state index in [2.05, 4.69) is 58.4 Å². The summed E-state index contributed by atoms with van der Waals surface area (Å²) >= 11 is 0. The van der Waals surface area contributed by atoms with Gasteiger partial charge in [-0.05, 0) is 33.9 Å². The van der Waals surface area contributed by atoms with Crippen LogP contribution in [0.25, 0.3) is 10.8 Å². The van der Waals surface area contributed by atoms with E-state index in [9.17, 15) is 0 Å². The van der Waals surface area contributed by atoms with E-state index >= 15 is 0 Å². The van der Waals surface area contributed by atoms with Gasteiger partial charge in [0, 0.05) is 42.2 Å². The second kappa shape index (κ2) is 5.39. The Labute approximate surface area is 149 Å². The highest BCUT2D eigenvalue weighted by atomic mass is 16.5. The van der Waals surface area contributed by atoms with Crippen LogP contribution in [0.5, 0.6) is 0 Å². The van der Waals surface area contributed by atoms with Crippen molar-refractivity contribution in [2.75, 3.05) is 38.6 Å². The van der Waals surface area contributed by atoms with Gasteiger partial charge >= 0.3 is 0 Å². The molecule has 1 aromatic carbocycles. The van der Waals surface area contributed by atoms with Gasteiger partial charge < -0.3 is 14.5 Å². The van der Waals surface area contributed by atoms with Crippen LogP contribution in [-0.4, -0.2) is 60.5 Å². The second-order valence-electron chi connectivity index (χ2n) is 8.33. The molecule has 3 fully saturated rings. The number of ether oxygens (including phenoxy) is 1. The van der Waals surface area contributed by atoms with Gasteiger partial charge in [-0.3, -0.25) is 0 Å². The van der Waals surface area contributed by atoms with Crippen molar-refractivity contribution in [2.24, 2.45) is 11.8 Å². The molecule has 3 aliphatic heterocycles. The van der Waals surface area contributed by atoms with E-state index in [1.54, 1.807) is 0 Å². The number of hydrogen-bond donors (Lipinski definition) is 0. The minimum Gasteiger partial charge on any atom is -0.369 e. The maximum Gasteiger partial charge on any atom is 0.159 e. The third-order valence-corrected chi connectivity index (χ3v) is 6.51. The molecule has 5 nitrogen and oxygen atoms in total. The first-order valence-electron chi connectivity index (χ1n) is 9.37. The summed E-state index contributed by atoms with van der Waals surface area (Å²) in [5, 5.41) is 11.4. The van der Waals surface area contributed by atoms with Crippen LogP contribution in [-0.2, 0) is 4.74 Å². The molecule has 0 radical (unpaired) electrons. The van der Waals surface area contributed by atoms with Crippen LogP contribution in [0.1, 0.15) is 18.5 Å². The summed E-state index contributed by atoms with van der Waals surface area (Å²) in [5.41, 5.74) is 1.04. The minimum absolute atomic E-state index is 0.0407. The summed E-state index contributed by atoms with van der Waals surface area (Å²) < 4.78 is 6.57. The second-order valence-corrected chi connectivity index (χ2v) is 8.33. The molecule has 1 aromatic heterocycles. The maximum atomic E-state index is 6.57. The Kier molecular flexibility index (Phi) is 3.35. The lowest BCUT2D eigenvalue weighted by Crippen LogP contribution is -2.40. The standard InChI is InChI=1S/C20H26N4O/c1-13-14-6-4-5-7-15(14)19(22-21-13)24-11-17-16(10-23(2)3)18-8-9-20(17,12-24)25-18/h4-7,16-18H,8-12H2,1-3H3/t16-,17+,18+,20+/m0/s1. The summed E-state index contributed by atoms with van der Waals surface area (Å²) in [4.78, 5) is 4.75. The third kappa shape index (κ3) is 2.22. The molecular weight excluding hydrogens is 312 g/mol. The van der Waals surface area contributed by atoms with Gasteiger partial charge in [-0.2, -0.15) is 5.10 Å². The lowest BCUT2D eigenvalue weighted by molar-refractivity contribution is 0.0136. The molecule has 0 saturated carbocycles. The fourth-order valence-electron chi connectivity index (χ4n) is 5.47. The predicted molar refractivity (Wildman–Crippen MR) is 98.9 cm³/mol. The molecular formula is C20H26N4O. The third-order valence-electron chi connectivity index (χ3n) is 6.51. The van der Waals surface area contributed by atoms with Crippen LogP contribution in [0.15, 0.2) is 24.3 Å². The van der Waals surface area contributed by atoms with Crippen molar-refractivity contribution in [2.45, 2.75) is 31.5 Å². The van der Waals surface area contributed by atoms with Gasteiger partial charge in [0.1, 0.15) is 0 Å². The van der Waals surface area contributed by atoms with Gasteiger partial charge in [-0.25, -0.2) is 0 Å². The molecule has 0 aliphatic carbocycles. The molecule has 0 unspecified atom stereocenters. The van der Waals surface area contributed by atoms with Crippen LogP contribution in [0, 0.1) is 18.8 Å². The summed E-state index contributed by atoms with van der Waals surface area (Å²) in [6, 6.07) is 8.50. The molecule has 0 amide bonds. The topological polar surface area (TPSA) is 41.5 Å². The molecule has 4 atom stereocenters. The molecule has 1 spiro atoms. The van der Waals surface area contributed by atoms with Crippen LogP contribution >= 0.6 is 0 Å². The fourth-order valence-corrected chi connectivity index (χ4v) is 5.47. The molecule has 25 heavy (non-hydrogen) atoms. The monoisotopic (exact) mass is 338 g/mol. The summed E-state index contributed by atoms with van der Waals surface area (Å²) in [6.07, 6.45) is 2.86. The zero-order valence-electron chi connectivity index (χ0n) is 15.3. The van der Waals surface area contributed by atoms with Crippen molar-refractivity contribution in [3.63, 3.8) is 0 Å². The predicted octanol–water partition coefficient (Wildman–Crippen LogP) is 2.48. The summed E-state index contributed by atoms with van der Waals surface area (Å²) in [7, 11) is 4.34. The Morgan fingerprint density at radius 1 is 1.24 bits per heavy atom. The van der Waals surface area contributed by atoms with E-state index < -0.39 is 0 Å². The molecule has 3 aliphatic rings. The molecule has 3 saturated heterocycles. The lowest BCUT2D eigenvalue weighted by atomic mass is 9.73. The number of rotatable bonds is 3.